The smallest absolute Gasteiger partial charge is 0.255 e. The van der Waals surface area contributed by atoms with Gasteiger partial charge < -0.3 is 15.0 Å². The molecular weight excluding hydrogens is 476 g/mol. The van der Waals surface area contributed by atoms with Crippen molar-refractivity contribution in [3.05, 3.63) is 53.3 Å². The van der Waals surface area contributed by atoms with Gasteiger partial charge in [0.25, 0.3) is 5.91 Å². The van der Waals surface area contributed by atoms with Gasteiger partial charge in [0, 0.05) is 47.8 Å². The van der Waals surface area contributed by atoms with Gasteiger partial charge >= 0.3 is 0 Å². The molecule has 2 N–H and O–H groups in total. The second-order valence-corrected chi connectivity index (χ2v) is 12.0. The molecule has 1 aromatic carbocycles. The van der Waals surface area contributed by atoms with Gasteiger partial charge in [-0.15, -0.1) is 0 Å². The van der Waals surface area contributed by atoms with Crippen LogP contribution in [0.5, 0.6) is 5.75 Å². The van der Waals surface area contributed by atoms with Gasteiger partial charge in [0.05, 0.1) is 0 Å². The third-order valence-electron chi connectivity index (χ3n) is 4.93. The molecule has 0 aliphatic heterocycles. The lowest BCUT2D eigenvalue weighted by atomic mass is 9.98. The minimum absolute atomic E-state index is 0.231. The molecule has 2 aromatic rings. The van der Waals surface area contributed by atoms with E-state index in [2.05, 4.69) is 15.0 Å². The van der Waals surface area contributed by atoms with Gasteiger partial charge in [-0.1, -0.05) is 32.4 Å². The lowest BCUT2D eigenvalue weighted by molar-refractivity contribution is 0.0685. The fourth-order valence-corrected chi connectivity index (χ4v) is 4.90. The number of rotatable bonds is 11. The summed E-state index contributed by atoms with van der Waals surface area (Å²) in [6, 6.07) is 8.06. The second-order valence-electron chi connectivity index (χ2n) is 9.52. The average molecular weight is 511 g/mol. The largest absolute Gasteiger partial charge is 0.492 e. The van der Waals surface area contributed by atoms with Crippen LogP contribution in [-0.2, 0) is 10.0 Å². The summed E-state index contributed by atoms with van der Waals surface area (Å²) in [4.78, 5) is 18.7. The van der Waals surface area contributed by atoms with Gasteiger partial charge in [0.1, 0.15) is 17.7 Å². The van der Waals surface area contributed by atoms with E-state index >= 15 is 0 Å². The molecule has 0 spiro atoms. The van der Waals surface area contributed by atoms with Crippen LogP contribution >= 0.6 is 11.6 Å². The number of sulfonamides is 1. The van der Waals surface area contributed by atoms with E-state index in [0.717, 1.165) is 5.69 Å². The number of hydrogen-bond donors (Lipinski definition) is 2. The molecule has 0 aliphatic carbocycles. The Morgan fingerprint density at radius 3 is 2.38 bits per heavy atom. The summed E-state index contributed by atoms with van der Waals surface area (Å²) in [5.74, 6) is -0.0108. The summed E-state index contributed by atoms with van der Waals surface area (Å²) in [6.45, 7) is 12.0. The number of aromatic nitrogens is 1. The van der Waals surface area contributed by atoms with Gasteiger partial charge in [-0.05, 0) is 56.5 Å². The lowest BCUT2D eigenvalue weighted by Gasteiger charge is -2.33. The number of anilines is 1. The molecule has 1 atom stereocenters. The van der Waals surface area contributed by atoms with Crippen molar-refractivity contribution in [2.24, 2.45) is 5.41 Å². The number of benzene rings is 1. The predicted molar refractivity (Wildman–Crippen MR) is 137 cm³/mol. The molecule has 0 fully saturated rings. The molecule has 0 bridgehead atoms. The maximum atomic E-state index is 13.4. The van der Waals surface area contributed by atoms with E-state index in [0.29, 0.717) is 23.9 Å². The van der Waals surface area contributed by atoms with Crippen LogP contribution in [0.1, 0.15) is 51.9 Å². The Kier molecular flexibility index (Phi) is 9.73. The standard InChI is InChI=1S/C24H35ClN4O4S/c1-17(2)29(18(3)34(31,32)28-16-24(4,5)6)23(30)19-13-20(25)15-22(14-19)33-12-11-27-21-7-9-26-10-8-21/h7-10,13-15,17-18,28H,11-12,16H2,1-6H3,(H,26,27). The number of ether oxygens (including phenoxy) is 1. The number of carbonyl (C=O) groups excluding carboxylic acids is 1. The Bertz CT molecular complexity index is 1060. The van der Waals surface area contributed by atoms with E-state index in [1.807, 2.05) is 32.9 Å². The third kappa shape index (κ3) is 8.45. The first kappa shape index (κ1) is 27.9. The monoisotopic (exact) mass is 510 g/mol. The molecule has 10 heteroatoms. The first-order valence-electron chi connectivity index (χ1n) is 11.2. The zero-order chi connectivity index (χ0) is 25.5. The van der Waals surface area contributed by atoms with E-state index in [9.17, 15) is 13.2 Å². The summed E-state index contributed by atoms with van der Waals surface area (Å²) in [7, 11) is -3.78. The highest BCUT2D eigenvalue weighted by atomic mass is 35.5. The zero-order valence-electron chi connectivity index (χ0n) is 20.6. The number of nitrogens with one attached hydrogen (secondary N) is 2. The van der Waals surface area contributed by atoms with E-state index in [1.165, 1.54) is 17.9 Å². The summed E-state index contributed by atoms with van der Waals surface area (Å²) >= 11 is 6.25. The Morgan fingerprint density at radius 2 is 1.79 bits per heavy atom. The highest BCUT2D eigenvalue weighted by Gasteiger charge is 2.34. The van der Waals surface area contributed by atoms with Gasteiger partial charge in [0.15, 0.2) is 0 Å². The molecule has 1 heterocycles. The molecule has 1 aromatic heterocycles. The predicted octanol–water partition coefficient (Wildman–Crippen LogP) is 4.39. The van der Waals surface area contributed by atoms with E-state index in [-0.39, 0.29) is 23.6 Å². The zero-order valence-corrected chi connectivity index (χ0v) is 22.2. The molecule has 8 nitrogen and oxygen atoms in total. The minimum atomic E-state index is -3.78. The van der Waals surface area contributed by atoms with Crippen LogP contribution in [0, 0.1) is 5.41 Å². The number of halogens is 1. The Labute approximate surface area is 208 Å². The topological polar surface area (TPSA) is 101 Å². The van der Waals surface area contributed by atoms with Crippen LogP contribution < -0.4 is 14.8 Å². The van der Waals surface area contributed by atoms with E-state index in [4.69, 9.17) is 16.3 Å². The fourth-order valence-electron chi connectivity index (χ4n) is 3.16. The molecule has 188 valence electrons. The van der Waals surface area contributed by atoms with Gasteiger partial charge in [0.2, 0.25) is 10.0 Å². The van der Waals surface area contributed by atoms with E-state index in [1.54, 1.807) is 38.4 Å². The Hall–Kier alpha value is -2.36. The molecule has 2 rings (SSSR count). The van der Waals surface area contributed by atoms with Crippen LogP contribution in [0.15, 0.2) is 42.7 Å². The van der Waals surface area contributed by atoms with E-state index < -0.39 is 21.3 Å². The summed E-state index contributed by atoms with van der Waals surface area (Å²) in [6.07, 6.45) is 3.39. The summed E-state index contributed by atoms with van der Waals surface area (Å²) in [5.41, 5.74) is 0.949. The minimum Gasteiger partial charge on any atom is -0.492 e. The average Bonchev–Trinajstić information content (AvgIpc) is 2.75. The van der Waals surface area contributed by atoms with Crippen LogP contribution in [0.4, 0.5) is 5.69 Å². The molecule has 0 saturated carbocycles. The molecule has 0 saturated heterocycles. The number of hydrogen-bond acceptors (Lipinski definition) is 6. The summed E-state index contributed by atoms with van der Waals surface area (Å²) in [5, 5.41) is 2.46. The van der Waals surface area contributed by atoms with Crippen molar-refractivity contribution in [1.82, 2.24) is 14.6 Å². The highest BCUT2D eigenvalue weighted by molar-refractivity contribution is 7.90. The first-order chi connectivity index (χ1) is 15.8. The summed E-state index contributed by atoms with van der Waals surface area (Å²) < 4.78 is 34.2. The van der Waals surface area contributed by atoms with Crippen LogP contribution in [0.25, 0.3) is 0 Å². The Balaban J connectivity index is 2.13. The van der Waals surface area contributed by atoms with Crippen molar-refractivity contribution in [3.63, 3.8) is 0 Å². The van der Waals surface area contributed by atoms with Gasteiger partial charge in [-0.3, -0.25) is 9.78 Å². The van der Waals surface area contributed by atoms with Crippen molar-refractivity contribution in [1.29, 1.82) is 0 Å². The normalized spacial score (nSPS) is 12.9. The van der Waals surface area contributed by atoms with Crippen LogP contribution in [0.3, 0.4) is 0 Å². The third-order valence-corrected chi connectivity index (χ3v) is 6.82. The van der Waals surface area contributed by atoms with Crippen molar-refractivity contribution >= 4 is 33.2 Å². The number of carbonyl (C=O) groups is 1. The SMILES string of the molecule is CC(C)N(C(=O)c1cc(Cl)cc(OCCNc2ccncc2)c1)C(C)S(=O)(=O)NCC(C)(C)C. The molecule has 1 unspecified atom stereocenters. The van der Waals surface area contributed by atoms with Crippen molar-refractivity contribution in [2.45, 2.75) is 53.0 Å². The van der Waals surface area contributed by atoms with Crippen LogP contribution in [0.2, 0.25) is 5.02 Å². The fraction of sp³-hybridized carbons (Fsp3) is 0.500. The van der Waals surface area contributed by atoms with Gasteiger partial charge in [-0.2, -0.15) is 0 Å². The van der Waals surface area contributed by atoms with Crippen LogP contribution in [-0.4, -0.2) is 55.3 Å². The number of amides is 1. The van der Waals surface area contributed by atoms with Crippen molar-refractivity contribution in [3.8, 4) is 5.75 Å². The van der Waals surface area contributed by atoms with Gasteiger partial charge in [-0.25, -0.2) is 13.1 Å². The molecule has 0 aliphatic rings. The second kappa shape index (κ2) is 11.9. The quantitative estimate of drug-likeness (QED) is 0.435. The molecule has 34 heavy (non-hydrogen) atoms. The molecule has 0 radical (unpaired) electrons. The first-order valence-corrected chi connectivity index (χ1v) is 13.1. The van der Waals surface area contributed by atoms with Crippen molar-refractivity contribution < 1.29 is 17.9 Å². The Morgan fingerprint density at radius 1 is 1.15 bits per heavy atom. The highest BCUT2D eigenvalue weighted by Crippen LogP contribution is 2.24. The number of nitrogens with zero attached hydrogens (tertiary/aromatic N) is 2. The lowest BCUT2D eigenvalue weighted by Crippen LogP contribution is -2.51. The maximum Gasteiger partial charge on any atom is 0.255 e. The molecular formula is C24H35ClN4O4S. The van der Waals surface area contributed by atoms with Crippen molar-refractivity contribution in [2.75, 3.05) is 25.0 Å². The number of pyridine rings is 1. The maximum absolute atomic E-state index is 13.4. The molecule has 1 amide bonds.